The number of hydrogen-bond acceptors (Lipinski definition) is 6. The molecule has 2 fully saturated rings. The van der Waals surface area contributed by atoms with Crippen molar-refractivity contribution in [1.82, 2.24) is 0 Å². The number of carbonyl (C=O) groups excluding carboxylic acids is 4. The van der Waals surface area contributed by atoms with Crippen molar-refractivity contribution >= 4 is 23.3 Å². The maximum Gasteiger partial charge on any atom is 0.303 e. The first-order valence-corrected chi connectivity index (χ1v) is 10.9. The Bertz CT molecular complexity index is 952. The summed E-state index contributed by atoms with van der Waals surface area (Å²) in [4.78, 5) is 49.6. The highest BCUT2D eigenvalue weighted by molar-refractivity contribution is 5.98. The van der Waals surface area contributed by atoms with E-state index in [-0.39, 0.29) is 25.0 Å². The Morgan fingerprint density at radius 2 is 1.97 bits per heavy atom. The number of alkyl halides is 1. The van der Waals surface area contributed by atoms with Crippen LogP contribution in [0.15, 0.2) is 23.8 Å². The largest absolute Gasteiger partial charge is 0.458 e. The van der Waals surface area contributed by atoms with Gasteiger partial charge in [-0.2, -0.15) is 0 Å². The predicted octanol–water partition coefficient (Wildman–Crippen LogP) is 2.67. The van der Waals surface area contributed by atoms with Crippen molar-refractivity contribution < 1.29 is 33.4 Å². The van der Waals surface area contributed by atoms with Crippen molar-refractivity contribution in [3.63, 3.8) is 0 Å². The summed E-state index contributed by atoms with van der Waals surface area (Å²) in [6.45, 7) is 5.70. The number of fused-ring (bicyclic) bond motifs is 5. The molecule has 0 amide bonds. The maximum absolute atomic E-state index is 16.9. The molecule has 0 aromatic rings. The first-order chi connectivity index (χ1) is 14.3. The summed E-state index contributed by atoms with van der Waals surface area (Å²) in [5.74, 6) is -3.82. The summed E-state index contributed by atoms with van der Waals surface area (Å²) in [7, 11) is 0. The molecule has 6 nitrogen and oxygen atoms in total. The average molecular weight is 432 g/mol. The fraction of sp³-hybridized carbons (Fsp3) is 0.667. The molecule has 2 saturated carbocycles. The number of carbonyl (C=O) groups is 4. The van der Waals surface area contributed by atoms with Crippen molar-refractivity contribution in [3.05, 3.63) is 23.8 Å². The van der Waals surface area contributed by atoms with E-state index in [1.165, 1.54) is 13.0 Å². The molecule has 4 rings (SSSR count). The predicted molar refractivity (Wildman–Crippen MR) is 108 cm³/mol. The van der Waals surface area contributed by atoms with E-state index in [4.69, 9.17) is 4.74 Å². The Morgan fingerprint density at radius 1 is 1.29 bits per heavy atom. The van der Waals surface area contributed by atoms with Gasteiger partial charge < -0.3 is 9.84 Å². The van der Waals surface area contributed by atoms with E-state index in [2.05, 4.69) is 0 Å². The van der Waals surface area contributed by atoms with Crippen LogP contribution in [0.2, 0.25) is 0 Å². The minimum atomic E-state index is -2.21. The lowest BCUT2D eigenvalue weighted by Crippen LogP contribution is -2.67. The van der Waals surface area contributed by atoms with Crippen LogP contribution in [0.5, 0.6) is 0 Å². The zero-order valence-electron chi connectivity index (χ0n) is 18.4. The lowest BCUT2D eigenvalue weighted by molar-refractivity contribution is -0.185. The molecule has 4 aliphatic rings. The molecule has 0 spiro atoms. The van der Waals surface area contributed by atoms with Gasteiger partial charge in [0.15, 0.2) is 23.8 Å². The Hall–Kier alpha value is -2.15. The van der Waals surface area contributed by atoms with Crippen molar-refractivity contribution in [2.24, 2.45) is 28.6 Å². The lowest BCUT2D eigenvalue weighted by Gasteiger charge is -2.58. The molecule has 0 aliphatic heterocycles. The van der Waals surface area contributed by atoms with Gasteiger partial charge >= 0.3 is 5.97 Å². The second kappa shape index (κ2) is 6.67. The fourth-order valence-electron chi connectivity index (χ4n) is 6.96. The molecule has 0 radical (unpaired) electrons. The summed E-state index contributed by atoms with van der Waals surface area (Å²) in [5, 5.41) is 11.6. The molecule has 0 unspecified atom stereocenters. The van der Waals surface area contributed by atoms with Gasteiger partial charge in [0.2, 0.25) is 5.78 Å². The quantitative estimate of drug-likeness (QED) is 0.689. The van der Waals surface area contributed by atoms with Crippen LogP contribution in [0.4, 0.5) is 4.39 Å². The molecule has 4 aliphatic carbocycles. The summed E-state index contributed by atoms with van der Waals surface area (Å²) in [5.41, 5.74) is -5.88. The molecule has 31 heavy (non-hydrogen) atoms. The van der Waals surface area contributed by atoms with Gasteiger partial charge in [-0.1, -0.05) is 32.9 Å². The van der Waals surface area contributed by atoms with E-state index in [1.807, 2.05) is 0 Å². The van der Waals surface area contributed by atoms with Crippen molar-refractivity contribution in [2.75, 3.05) is 6.61 Å². The Morgan fingerprint density at radius 3 is 2.61 bits per heavy atom. The van der Waals surface area contributed by atoms with E-state index >= 15 is 4.39 Å². The summed E-state index contributed by atoms with van der Waals surface area (Å²) < 4.78 is 21.8. The van der Waals surface area contributed by atoms with Crippen molar-refractivity contribution in [3.8, 4) is 0 Å². The van der Waals surface area contributed by atoms with Crippen LogP contribution in [0.3, 0.4) is 0 Å². The molecule has 0 aromatic heterocycles. The molecule has 0 heterocycles. The van der Waals surface area contributed by atoms with Gasteiger partial charge in [0.25, 0.3) is 0 Å². The SMILES string of the molecule is CC(=O)OCC(=O)[C@@]1(O)[C@@H](C)C[C@H]2[C@@H]3C=CC4=CC(=O)CC[C@]4(C)[C@@]3(F)C(=O)C[C@@]21C. The fourth-order valence-corrected chi connectivity index (χ4v) is 6.96. The van der Waals surface area contributed by atoms with Crippen molar-refractivity contribution in [2.45, 2.75) is 64.6 Å². The number of esters is 1. The second-order valence-electron chi connectivity index (χ2n) is 10.2. The Labute approximate surface area is 180 Å². The molecule has 7 atom stereocenters. The Balaban J connectivity index is 1.80. The van der Waals surface area contributed by atoms with E-state index in [0.29, 0.717) is 12.0 Å². The maximum atomic E-state index is 16.9. The van der Waals surface area contributed by atoms with Crippen LogP contribution in [-0.2, 0) is 23.9 Å². The molecule has 0 saturated heterocycles. The number of ether oxygens (including phenoxy) is 1. The summed E-state index contributed by atoms with van der Waals surface area (Å²) in [6, 6.07) is 0. The van der Waals surface area contributed by atoms with Gasteiger partial charge in [0.1, 0.15) is 5.60 Å². The van der Waals surface area contributed by atoms with Crippen molar-refractivity contribution in [1.29, 1.82) is 0 Å². The number of aliphatic hydroxyl groups is 1. The number of halogens is 1. The number of ketones is 3. The van der Waals surface area contributed by atoms with Gasteiger partial charge in [-0.05, 0) is 36.3 Å². The zero-order valence-corrected chi connectivity index (χ0v) is 18.4. The normalized spacial score (nSPS) is 46.0. The third-order valence-corrected chi connectivity index (χ3v) is 8.78. The average Bonchev–Trinajstić information content (AvgIpc) is 2.89. The standard InChI is InChI=1S/C24H29FO6/c1-13-9-18-17-6-5-15-10-16(27)7-8-21(15,3)23(17,25)19(28)11-22(18,4)24(13,30)20(29)12-31-14(2)26/h5-6,10,13,17-18,30H,7-9,11-12H2,1-4H3/t13-,17-,18-,21-,22-,23-,24-/m0/s1. The molecule has 0 aromatic carbocycles. The lowest BCUT2D eigenvalue weighted by atomic mass is 9.46. The minimum absolute atomic E-state index is 0.0767. The van der Waals surface area contributed by atoms with Crippen LogP contribution in [0.1, 0.15) is 53.4 Å². The number of allylic oxidation sites excluding steroid dienone is 4. The molecular formula is C24H29FO6. The summed E-state index contributed by atoms with van der Waals surface area (Å²) in [6.07, 6.45) is 5.33. The van der Waals surface area contributed by atoms with Crippen LogP contribution in [-0.4, -0.2) is 46.3 Å². The first kappa shape index (κ1) is 22.1. The second-order valence-corrected chi connectivity index (χ2v) is 10.2. The number of rotatable bonds is 3. The van der Waals surface area contributed by atoms with E-state index < -0.39 is 64.0 Å². The van der Waals surface area contributed by atoms with E-state index in [0.717, 1.165) is 0 Å². The van der Waals surface area contributed by atoms with Gasteiger partial charge in [-0.3, -0.25) is 19.2 Å². The van der Waals surface area contributed by atoms with Crippen LogP contribution in [0.25, 0.3) is 0 Å². The molecule has 7 heteroatoms. The number of hydrogen-bond donors (Lipinski definition) is 1. The summed E-state index contributed by atoms with van der Waals surface area (Å²) >= 11 is 0. The van der Waals surface area contributed by atoms with Crippen LogP contribution >= 0.6 is 0 Å². The highest BCUT2D eigenvalue weighted by atomic mass is 19.1. The molecule has 1 N–H and O–H groups in total. The highest BCUT2D eigenvalue weighted by Crippen LogP contribution is 2.68. The first-order valence-electron chi connectivity index (χ1n) is 10.9. The number of Topliss-reactive ketones (excluding diaryl/α,β-unsaturated/α-hetero) is 2. The third-order valence-electron chi connectivity index (χ3n) is 8.78. The van der Waals surface area contributed by atoms with Gasteiger partial charge in [-0.15, -0.1) is 0 Å². The van der Waals surface area contributed by atoms with Crippen LogP contribution < -0.4 is 0 Å². The Kier molecular flexibility index (Phi) is 4.75. The molecular weight excluding hydrogens is 403 g/mol. The third kappa shape index (κ3) is 2.58. The van der Waals surface area contributed by atoms with Gasteiger partial charge in [0.05, 0.1) is 0 Å². The van der Waals surface area contributed by atoms with E-state index in [1.54, 1.807) is 32.9 Å². The minimum Gasteiger partial charge on any atom is -0.458 e. The topological polar surface area (TPSA) is 97.7 Å². The molecule has 168 valence electrons. The van der Waals surface area contributed by atoms with Crippen LogP contribution in [0, 0.1) is 28.6 Å². The zero-order chi connectivity index (χ0) is 23.0. The van der Waals surface area contributed by atoms with Gasteiger partial charge in [-0.25, -0.2) is 4.39 Å². The smallest absolute Gasteiger partial charge is 0.303 e. The van der Waals surface area contributed by atoms with E-state index in [9.17, 15) is 24.3 Å². The monoisotopic (exact) mass is 432 g/mol. The van der Waals surface area contributed by atoms with Gasteiger partial charge in [0, 0.05) is 36.5 Å². The molecule has 0 bridgehead atoms. The highest BCUT2D eigenvalue weighted by Gasteiger charge is 2.75.